The van der Waals surface area contributed by atoms with E-state index in [0.29, 0.717) is 0 Å². The van der Waals surface area contributed by atoms with Gasteiger partial charge in [-0.1, -0.05) is 0 Å². The summed E-state index contributed by atoms with van der Waals surface area (Å²) < 4.78 is 1.21. The Kier molecular flexibility index (Phi) is 2.49. The van der Waals surface area contributed by atoms with Crippen LogP contribution in [0.2, 0.25) is 0 Å². The summed E-state index contributed by atoms with van der Waals surface area (Å²) in [4.78, 5) is 23.5. The number of aromatic nitrogens is 3. The highest BCUT2D eigenvalue weighted by atomic mass is 16.6. The first-order chi connectivity index (χ1) is 8.08. The van der Waals surface area contributed by atoms with Gasteiger partial charge >= 0.3 is 0 Å². The van der Waals surface area contributed by atoms with E-state index in [9.17, 15) is 20.2 Å². The maximum absolute atomic E-state index is 10.6. The van der Waals surface area contributed by atoms with Gasteiger partial charge in [-0.2, -0.15) is 5.10 Å². The molecular weight excluding hydrogens is 230 g/mol. The van der Waals surface area contributed by atoms with E-state index in [1.54, 1.807) is 0 Å². The highest BCUT2D eigenvalue weighted by Crippen LogP contribution is 2.24. The monoisotopic (exact) mass is 235 g/mol. The zero-order chi connectivity index (χ0) is 12.4. The van der Waals surface area contributed by atoms with Crippen molar-refractivity contribution in [2.24, 2.45) is 0 Å². The Bertz CT molecular complexity index is 547. The van der Waals surface area contributed by atoms with Crippen LogP contribution in [-0.4, -0.2) is 24.6 Å². The molecule has 0 fully saturated rings. The summed E-state index contributed by atoms with van der Waals surface area (Å²) in [5, 5.41) is 25.0. The maximum Gasteiger partial charge on any atom is 0.278 e. The number of hydrogen-bond donors (Lipinski definition) is 0. The average molecular weight is 235 g/mol. The van der Waals surface area contributed by atoms with Crippen LogP contribution in [0.5, 0.6) is 0 Å². The van der Waals surface area contributed by atoms with Crippen molar-refractivity contribution in [2.75, 3.05) is 0 Å². The lowest BCUT2D eigenvalue weighted by atomic mass is 10.2. The second kappa shape index (κ2) is 3.96. The van der Waals surface area contributed by atoms with Crippen LogP contribution in [0.3, 0.4) is 0 Å². The molecule has 0 bridgehead atoms. The molecule has 0 atom stereocenters. The second-order valence-electron chi connectivity index (χ2n) is 3.06. The van der Waals surface area contributed by atoms with Gasteiger partial charge in [0.2, 0.25) is 0 Å². The molecule has 0 unspecified atom stereocenters. The summed E-state index contributed by atoms with van der Waals surface area (Å²) in [6.07, 6.45) is 2.52. The SMILES string of the molecule is O=[N+]([O-])c1cc(-n2cncn2)cc([N+](=O)[O-])c1. The van der Waals surface area contributed by atoms with Gasteiger partial charge in [0.15, 0.2) is 0 Å². The fraction of sp³-hybridized carbons (Fsp3) is 0. The summed E-state index contributed by atoms with van der Waals surface area (Å²) in [7, 11) is 0. The van der Waals surface area contributed by atoms with Crippen LogP contribution in [0, 0.1) is 20.2 Å². The zero-order valence-electron chi connectivity index (χ0n) is 8.26. The molecule has 0 N–H and O–H groups in total. The smallest absolute Gasteiger partial charge is 0.258 e. The van der Waals surface area contributed by atoms with E-state index in [1.807, 2.05) is 0 Å². The third kappa shape index (κ3) is 2.07. The number of benzene rings is 1. The predicted molar refractivity (Wildman–Crippen MR) is 54.7 cm³/mol. The molecular formula is C8H5N5O4. The third-order valence-corrected chi connectivity index (χ3v) is 1.99. The van der Waals surface area contributed by atoms with Gasteiger partial charge in [-0.05, 0) is 0 Å². The van der Waals surface area contributed by atoms with Crippen molar-refractivity contribution >= 4 is 11.4 Å². The molecule has 17 heavy (non-hydrogen) atoms. The normalized spacial score (nSPS) is 10.1. The first-order valence-corrected chi connectivity index (χ1v) is 4.37. The van der Waals surface area contributed by atoms with Crippen LogP contribution in [0.4, 0.5) is 11.4 Å². The fourth-order valence-corrected chi connectivity index (χ4v) is 1.26. The molecule has 0 aliphatic carbocycles. The van der Waals surface area contributed by atoms with E-state index in [2.05, 4.69) is 10.1 Å². The Labute approximate surface area is 93.6 Å². The summed E-state index contributed by atoms with van der Waals surface area (Å²) in [5.41, 5.74) is -0.530. The fourth-order valence-electron chi connectivity index (χ4n) is 1.26. The number of nitro benzene ring substituents is 2. The third-order valence-electron chi connectivity index (χ3n) is 1.99. The largest absolute Gasteiger partial charge is 0.278 e. The molecule has 9 nitrogen and oxygen atoms in total. The molecule has 1 heterocycles. The van der Waals surface area contributed by atoms with E-state index in [0.717, 1.165) is 6.07 Å². The molecule has 0 saturated carbocycles. The topological polar surface area (TPSA) is 117 Å². The van der Waals surface area contributed by atoms with Crippen molar-refractivity contribution in [3.63, 3.8) is 0 Å². The van der Waals surface area contributed by atoms with Gasteiger partial charge in [0.25, 0.3) is 11.4 Å². The Morgan fingerprint density at radius 2 is 1.65 bits per heavy atom. The minimum atomic E-state index is -0.701. The zero-order valence-corrected chi connectivity index (χ0v) is 8.26. The first-order valence-electron chi connectivity index (χ1n) is 4.37. The number of non-ortho nitro benzene ring substituents is 2. The molecule has 0 saturated heterocycles. The van der Waals surface area contributed by atoms with Crippen LogP contribution in [0.25, 0.3) is 5.69 Å². The van der Waals surface area contributed by atoms with Gasteiger partial charge in [-0.15, -0.1) is 0 Å². The Balaban J connectivity index is 2.60. The molecule has 0 amide bonds. The number of nitro groups is 2. The molecule has 9 heteroatoms. The Morgan fingerprint density at radius 1 is 1.06 bits per heavy atom. The summed E-state index contributed by atoms with van der Waals surface area (Å²) in [5.74, 6) is 0. The summed E-state index contributed by atoms with van der Waals surface area (Å²) >= 11 is 0. The van der Waals surface area contributed by atoms with Gasteiger partial charge in [-0.3, -0.25) is 20.2 Å². The van der Waals surface area contributed by atoms with E-state index in [4.69, 9.17) is 0 Å². The lowest BCUT2D eigenvalue weighted by Crippen LogP contribution is -1.99. The lowest BCUT2D eigenvalue weighted by Gasteiger charge is -2.00. The molecule has 1 aromatic carbocycles. The van der Waals surface area contributed by atoms with Crippen LogP contribution in [-0.2, 0) is 0 Å². The van der Waals surface area contributed by atoms with E-state index >= 15 is 0 Å². The number of hydrogen-bond acceptors (Lipinski definition) is 6. The molecule has 0 spiro atoms. The van der Waals surface area contributed by atoms with E-state index in [-0.39, 0.29) is 17.1 Å². The van der Waals surface area contributed by atoms with Crippen molar-refractivity contribution in [1.29, 1.82) is 0 Å². The number of nitrogens with zero attached hydrogens (tertiary/aromatic N) is 5. The van der Waals surface area contributed by atoms with Gasteiger partial charge in [0.05, 0.1) is 21.6 Å². The van der Waals surface area contributed by atoms with Crippen molar-refractivity contribution in [3.05, 3.63) is 51.1 Å². The average Bonchev–Trinajstić information content (AvgIpc) is 2.81. The number of rotatable bonds is 3. The Hall–Kier alpha value is -2.84. The minimum absolute atomic E-state index is 0.211. The van der Waals surface area contributed by atoms with Crippen molar-refractivity contribution in [3.8, 4) is 5.69 Å². The van der Waals surface area contributed by atoms with Gasteiger partial charge in [0, 0.05) is 12.1 Å². The van der Waals surface area contributed by atoms with E-state index in [1.165, 1.54) is 29.5 Å². The Morgan fingerprint density at radius 3 is 2.06 bits per heavy atom. The van der Waals surface area contributed by atoms with Gasteiger partial charge < -0.3 is 0 Å². The van der Waals surface area contributed by atoms with Crippen LogP contribution in [0.15, 0.2) is 30.9 Å². The maximum atomic E-state index is 10.6. The second-order valence-corrected chi connectivity index (χ2v) is 3.06. The van der Waals surface area contributed by atoms with Crippen molar-refractivity contribution in [2.45, 2.75) is 0 Å². The van der Waals surface area contributed by atoms with Crippen LogP contribution >= 0.6 is 0 Å². The molecule has 86 valence electrons. The molecule has 0 radical (unpaired) electrons. The quantitative estimate of drug-likeness (QED) is 0.580. The summed E-state index contributed by atoms with van der Waals surface area (Å²) in [6.45, 7) is 0. The highest BCUT2D eigenvalue weighted by molar-refractivity contribution is 5.52. The van der Waals surface area contributed by atoms with Crippen molar-refractivity contribution < 1.29 is 9.85 Å². The van der Waals surface area contributed by atoms with Crippen LogP contribution in [0.1, 0.15) is 0 Å². The molecule has 0 aliphatic rings. The van der Waals surface area contributed by atoms with Gasteiger partial charge in [0.1, 0.15) is 12.7 Å². The predicted octanol–water partition coefficient (Wildman–Crippen LogP) is 1.08. The molecule has 2 aromatic rings. The standard InChI is InChI=1S/C8H5N5O4/c14-12(15)7-1-6(11-5-9-4-10-11)2-8(3-7)13(16)17/h1-5H. The van der Waals surface area contributed by atoms with Crippen molar-refractivity contribution in [1.82, 2.24) is 14.8 Å². The lowest BCUT2D eigenvalue weighted by molar-refractivity contribution is -0.394. The van der Waals surface area contributed by atoms with Crippen LogP contribution < -0.4 is 0 Å². The first kappa shape index (κ1) is 10.7. The van der Waals surface area contributed by atoms with E-state index < -0.39 is 9.85 Å². The molecule has 0 aliphatic heterocycles. The summed E-state index contributed by atoms with van der Waals surface area (Å²) in [6, 6.07) is 3.25. The highest BCUT2D eigenvalue weighted by Gasteiger charge is 2.17. The minimum Gasteiger partial charge on any atom is -0.258 e. The molecule has 1 aromatic heterocycles. The van der Waals surface area contributed by atoms with Gasteiger partial charge in [-0.25, -0.2) is 9.67 Å². The molecule has 2 rings (SSSR count).